The monoisotopic (exact) mass is 329 g/mol. The molecular formula is C16H19N5O3. The summed E-state index contributed by atoms with van der Waals surface area (Å²) < 4.78 is 5.26. The van der Waals surface area contributed by atoms with Crippen molar-refractivity contribution in [3.8, 4) is 0 Å². The van der Waals surface area contributed by atoms with Gasteiger partial charge in [0.15, 0.2) is 0 Å². The van der Waals surface area contributed by atoms with Crippen molar-refractivity contribution >= 4 is 22.7 Å². The number of carbonyl (C=O) groups excluding carboxylic acids is 2. The third-order valence-electron chi connectivity index (χ3n) is 3.82. The Labute approximate surface area is 139 Å². The molecule has 1 aliphatic heterocycles. The van der Waals surface area contributed by atoms with E-state index in [4.69, 9.17) is 4.74 Å². The summed E-state index contributed by atoms with van der Waals surface area (Å²) in [5.41, 5.74) is 5.96. The molecule has 0 saturated carbocycles. The van der Waals surface area contributed by atoms with Crippen molar-refractivity contribution in [2.24, 2.45) is 0 Å². The highest BCUT2D eigenvalue weighted by Crippen LogP contribution is 2.10. The van der Waals surface area contributed by atoms with Crippen LogP contribution in [0.15, 0.2) is 30.7 Å². The van der Waals surface area contributed by atoms with Crippen molar-refractivity contribution in [2.75, 3.05) is 32.8 Å². The second-order valence-corrected chi connectivity index (χ2v) is 5.50. The van der Waals surface area contributed by atoms with Crippen LogP contribution in [0.4, 0.5) is 0 Å². The van der Waals surface area contributed by atoms with Crippen molar-refractivity contribution in [1.29, 1.82) is 0 Å². The van der Waals surface area contributed by atoms with Crippen LogP contribution in [-0.4, -0.2) is 59.5 Å². The molecule has 0 radical (unpaired) electrons. The molecule has 2 aromatic rings. The predicted molar refractivity (Wildman–Crippen MR) is 87.0 cm³/mol. The molecule has 2 N–H and O–H groups in total. The summed E-state index contributed by atoms with van der Waals surface area (Å²) in [6.07, 6.45) is 5.07. The van der Waals surface area contributed by atoms with Gasteiger partial charge in [0.25, 0.3) is 5.91 Å². The molecule has 3 rings (SSSR count). The minimum absolute atomic E-state index is 0.231. The fraction of sp³-hybridized carbons (Fsp3) is 0.375. The molecular weight excluding hydrogens is 310 g/mol. The molecule has 3 heterocycles. The Kier molecular flexibility index (Phi) is 5.29. The molecule has 1 fully saturated rings. The van der Waals surface area contributed by atoms with E-state index >= 15 is 0 Å². The number of aromatic nitrogens is 2. The van der Waals surface area contributed by atoms with Crippen LogP contribution in [0.5, 0.6) is 0 Å². The van der Waals surface area contributed by atoms with E-state index in [9.17, 15) is 9.59 Å². The minimum Gasteiger partial charge on any atom is -0.379 e. The van der Waals surface area contributed by atoms with Gasteiger partial charge in [0, 0.05) is 50.0 Å². The van der Waals surface area contributed by atoms with E-state index in [1.54, 1.807) is 24.5 Å². The number of hydrazine groups is 1. The van der Waals surface area contributed by atoms with Crippen molar-refractivity contribution in [2.45, 2.75) is 6.42 Å². The average Bonchev–Trinajstić information content (AvgIpc) is 2.65. The van der Waals surface area contributed by atoms with Crippen LogP contribution in [0.2, 0.25) is 0 Å². The fourth-order valence-corrected chi connectivity index (χ4v) is 2.44. The van der Waals surface area contributed by atoms with E-state index < -0.39 is 5.91 Å². The lowest BCUT2D eigenvalue weighted by Gasteiger charge is -2.26. The molecule has 0 spiro atoms. The van der Waals surface area contributed by atoms with Gasteiger partial charge >= 0.3 is 0 Å². The van der Waals surface area contributed by atoms with E-state index in [0.717, 1.165) is 24.0 Å². The van der Waals surface area contributed by atoms with Crippen LogP contribution >= 0.6 is 0 Å². The number of fused-ring (bicyclic) bond motifs is 1. The van der Waals surface area contributed by atoms with Gasteiger partial charge in [-0.1, -0.05) is 0 Å². The van der Waals surface area contributed by atoms with Crippen molar-refractivity contribution in [3.05, 3.63) is 36.3 Å². The van der Waals surface area contributed by atoms with Gasteiger partial charge in [-0.15, -0.1) is 0 Å². The number of amides is 2. The number of nitrogens with one attached hydrogen (secondary N) is 2. The second kappa shape index (κ2) is 7.80. The van der Waals surface area contributed by atoms with Crippen LogP contribution in [0.3, 0.4) is 0 Å². The maximum Gasteiger partial charge on any atom is 0.271 e. The van der Waals surface area contributed by atoms with Gasteiger partial charge in [-0.3, -0.25) is 35.3 Å². The topological polar surface area (TPSA) is 96.5 Å². The second-order valence-electron chi connectivity index (χ2n) is 5.50. The molecule has 0 unspecified atom stereocenters. The lowest BCUT2D eigenvalue weighted by atomic mass is 10.2. The number of nitrogens with zero attached hydrogens (tertiary/aromatic N) is 3. The molecule has 0 aliphatic carbocycles. The highest BCUT2D eigenvalue weighted by Gasteiger charge is 2.13. The minimum atomic E-state index is -0.409. The smallest absolute Gasteiger partial charge is 0.271 e. The van der Waals surface area contributed by atoms with Crippen molar-refractivity contribution in [1.82, 2.24) is 25.7 Å². The maximum absolute atomic E-state index is 12.1. The molecule has 126 valence electrons. The first kappa shape index (κ1) is 16.3. The number of carbonyl (C=O) groups is 2. The first-order chi connectivity index (χ1) is 11.7. The Balaban J connectivity index is 1.47. The van der Waals surface area contributed by atoms with E-state index in [1.165, 1.54) is 6.20 Å². The number of pyridine rings is 2. The normalized spacial score (nSPS) is 15.2. The summed E-state index contributed by atoms with van der Waals surface area (Å²) in [5.74, 6) is -0.641. The van der Waals surface area contributed by atoms with Gasteiger partial charge in [0.05, 0.1) is 24.3 Å². The molecule has 2 aromatic heterocycles. The molecule has 2 amide bonds. The average molecular weight is 329 g/mol. The first-order valence-electron chi connectivity index (χ1n) is 7.81. The zero-order valence-corrected chi connectivity index (χ0v) is 13.2. The Bertz CT molecular complexity index is 730. The standard InChI is InChI=1S/C16H19N5O3/c22-15(2-4-21-5-7-24-8-6-21)19-20-16(23)13-9-12-10-17-3-1-14(12)18-11-13/h1,3,9-11H,2,4-8H2,(H,19,22)(H,20,23). The molecule has 1 aliphatic rings. The maximum atomic E-state index is 12.1. The van der Waals surface area contributed by atoms with E-state index in [1.807, 2.05) is 0 Å². The zero-order chi connectivity index (χ0) is 16.8. The number of ether oxygens (including phenoxy) is 1. The Morgan fingerprint density at radius 1 is 1.21 bits per heavy atom. The Morgan fingerprint density at radius 2 is 2.04 bits per heavy atom. The Morgan fingerprint density at radius 3 is 2.88 bits per heavy atom. The van der Waals surface area contributed by atoms with Gasteiger partial charge in [-0.05, 0) is 12.1 Å². The highest BCUT2D eigenvalue weighted by molar-refractivity contribution is 5.97. The van der Waals surface area contributed by atoms with E-state index in [0.29, 0.717) is 31.7 Å². The van der Waals surface area contributed by atoms with E-state index in [2.05, 4.69) is 25.7 Å². The largest absolute Gasteiger partial charge is 0.379 e. The van der Waals surface area contributed by atoms with Gasteiger partial charge in [0.2, 0.25) is 5.91 Å². The van der Waals surface area contributed by atoms with Crippen molar-refractivity contribution in [3.63, 3.8) is 0 Å². The van der Waals surface area contributed by atoms with Gasteiger partial charge in [-0.2, -0.15) is 0 Å². The van der Waals surface area contributed by atoms with Crippen molar-refractivity contribution < 1.29 is 14.3 Å². The quantitative estimate of drug-likeness (QED) is 0.773. The molecule has 0 aromatic carbocycles. The summed E-state index contributed by atoms with van der Waals surface area (Å²) in [7, 11) is 0. The molecule has 1 saturated heterocycles. The number of hydrogen-bond donors (Lipinski definition) is 2. The molecule has 8 heteroatoms. The van der Waals surface area contributed by atoms with E-state index in [-0.39, 0.29) is 5.91 Å². The molecule has 24 heavy (non-hydrogen) atoms. The third kappa shape index (κ3) is 4.24. The molecule has 0 bridgehead atoms. The third-order valence-corrected chi connectivity index (χ3v) is 3.82. The number of rotatable bonds is 4. The van der Waals surface area contributed by atoms with Crippen LogP contribution in [0.25, 0.3) is 10.9 Å². The summed E-state index contributed by atoms with van der Waals surface area (Å²) >= 11 is 0. The summed E-state index contributed by atoms with van der Waals surface area (Å²) in [6, 6.07) is 3.45. The van der Waals surface area contributed by atoms with Gasteiger partial charge in [-0.25, -0.2) is 0 Å². The van der Waals surface area contributed by atoms with Crippen LogP contribution in [-0.2, 0) is 9.53 Å². The number of morpholine rings is 1. The summed E-state index contributed by atoms with van der Waals surface area (Å²) in [4.78, 5) is 34.3. The van der Waals surface area contributed by atoms with Crippen LogP contribution < -0.4 is 10.9 Å². The SMILES string of the molecule is O=C(CCN1CCOCC1)NNC(=O)c1cnc2ccncc2c1. The molecule has 0 atom stereocenters. The predicted octanol–water partition coefficient (Wildman–Crippen LogP) is 0.113. The molecule has 8 nitrogen and oxygen atoms in total. The van der Waals surface area contributed by atoms with Crippen LogP contribution in [0.1, 0.15) is 16.8 Å². The Hall–Kier alpha value is -2.58. The number of hydrogen-bond acceptors (Lipinski definition) is 6. The highest BCUT2D eigenvalue weighted by atomic mass is 16.5. The van der Waals surface area contributed by atoms with Gasteiger partial charge in [0.1, 0.15) is 0 Å². The van der Waals surface area contributed by atoms with Crippen LogP contribution in [0, 0.1) is 0 Å². The van der Waals surface area contributed by atoms with Gasteiger partial charge < -0.3 is 4.74 Å². The lowest BCUT2D eigenvalue weighted by Crippen LogP contribution is -2.44. The lowest BCUT2D eigenvalue weighted by molar-refractivity contribution is -0.122. The first-order valence-corrected chi connectivity index (χ1v) is 7.81. The summed E-state index contributed by atoms with van der Waals surface area (Å²) in [6.45, 7) is 3.70. The zero-order valence-electron chi connectivity index (χ0n) is 13.2. The fourth-order valence-electron chi connectivity index (χ4n) is 2.44. The summed E-state index contributed by atoms with van der Waals surface area (Å²) in [5, 5.41) is 0.767.